The summed E-state index contributed by atoms with van der Waals surface area (Å²) in [5, 5.41) is 0. The molecule has 0 spiro atoms. The molecule has 0 radical (unpaired) electrons. The van der Waals surface area contributed by atoms with Gasteiger partial charge >= 0.3 is 0 Å². The summed E-state index contributed by atoms with van der Waals surface area (Å²) in [5.41, 5.74) is 1.27. The minimum atomic E-state index is -0.735. The minimum absolute atomic E-state index is 0.180. The third-order valence-corrected chi connectivity index (χ3v) is 3.99. The Morgan fingerprint density at radius 2 is 2.29 bits per heavy atom. The van der Waals surface area contributed by atoms with Crippen LogP contribution in [0.3, 0.4) is 0 Å². The predicted molar refractivity (Wildman–Crippen MR) is 62.4 cm³/mol. The monoisotopic (exact) mass is 234 g/mol. The summed E-state index contributed by atoms with van der Waals surface area (Å²) in [5.74, 6) is 2.43. The number of nitrogens with zero attached hydrogens (tertiary/aromatic N) is 2. The second-order valence-electron chi connectivity index (χ2n) is 5.28. The molecule has 3 aliphatic rings. The van der Waals surface area contributed by atoms with Crippen LogP contribution in [0, 0.1) is 0 Å². The Hall–Kier alpha value is -1.32. The number of rotatable bonds is 1. The number of pyridine rings is 1. The smallest absolute Gasteiger partial charge is 0.172 e. The second-order valence-corrected chi connectivity index (χ2v) is 5.28. The number of aromatic nitrogens is 1. The maximum absolute atomic E-state index is 13.5. The van der Waals surface area contributed by atoms with Crippen LogP contribution in [0.25, 0.3) is 0 Å². The first-order valence-electron chi connectivity index (χ1n) is 6.35. The molecule has 0 unspecified atom stereocenters. The molecular formula is C13H15FN2O. The number of hydrogen-bond donors (Lipinski definition) is 0. The summed E-state index contributed by atoms with van der Waals surface area (Å²) in [4.78, 5) is 6.49. The van der Waals surface area contributed by atoms with E-state index < -0.39 is 6.17 Å². The van der Waals surface area contributed by atoms with Gasteiger partial charge in [0, 0.05) is 18.2 Å². The lowest BCUT2D eigenvalue weighted by Gasteiger charge is -2.33. The molecule has 17 heavy (non-hydrogen) atoms. The predicted octanol–water partition coefficient (Wildman–Crippen LogP) is 2.27. The molecule has 4 heteroatoms. The standard InChI is InChI=1S/C13H15FN2O/c14-9-5-10-7-17-12-11(8-1-2-8)3-4-15-13(12)16(10)6-9/h3-4,8-10H,1-2,5-7H2/t9-,10-/m1/s1. The van der Waals surface area contributed by atoms with Crippen LogP contribution in [0.1, 0.15) is 30.7 Å². The Labute approximate surface area is 99.6 Å². The van der Waals surface area contributed by atoms with Crippen LogP contribution in [0.4, 0.5) is 10.2 Å². The molecule has 1 aromatic heterocycles. The van der Waals surface area contributed by atoms with Gasteiger partial charge in [-0.15, -0.1) is 0 Å². The van der Waals surface area contributed by atoms with Gasteiger partial charge in [0.05, 0.1) is 12.6 Å². The van der Waals surface area contributed by atoms with Crippen LogP contribution in [0.15, 0.2) is 12.3 Å². The van der Waals surface area contributed by atoms with E-state index in [4.69, 9.17) is 4.74 Å². The molecule has 0 bridgehead atoms. The highest BCUT2D eigenvalue weighted by Gasteiger charge is 2.40. The fourth-order valence-corrected chi connectivity index (χ4v) is 2.98. The van der Waals surface area contributed by atoms with Gasteiger partial charge in [0.1, 0.15) is 12.8 Å². The zero-order chi connectivity index (χ0) is 11.4. The first-order valence-corrected chi connectivity index (χ1v) is 6.35. The highest BCUT2D eigenvalue weighted by atomic mass is 19.1. The Balaban J connectivity index is 1.78. The van der Waals surface area contributed by atoms with Crippen molar-refractivity contribution < 1.29 is 9.13 Å². The number of halogens is 1. The van der Waals surface area contributed by atoms with Crippen LogP contribution < -0.4 is 9.64 Å². The van der Waals surface area contributed by atoms with Gasteiger partial charge in [-0.25, -0.2) is 9.37 Å². The highest BCUT2D eigenvalue weighted by Crippen LogP contribution is 2.48. The topological polar surface area (TPSA) is 25.4 Å². The average molecular weight is 234 g/mol. The van der Waals surface area contributed by atoms with Crippen molar-refractivity contribution in [2.45, 2.75) is 37.4 Å². The van der Waals surface area contributed by atoms with E-state index in [2.05, 4.69) is 16.0 Å². The fourth-order valence-electron chi connectivity index (χ4n) is 2.98. The van der Waals surface area contributed by atoms with Gasteiger partial charge in [0.25, 0.3) is 0 Å². The van der Waals surface area contributed by atoms with Gasteiger partial charge in [-0.05, 0) is 24.8 Å². The number of alkyl halides is 1. The van der Waals surface area contributed by atoms with Gasteiger partial charge in [0.15, 0.2) is 11.6 Å². The summed E-state index contributed by atoms with van der Waals surface area (Å²) < 4.78 is 19.3. The van der Waals surface area contributed by atoms with Crippen molar-refractivity contribution in [3.05, 3.63) is 17.8 Å². The summed E-state index contributed by atoms with van der Waals surface area (Å²) in [6.07, 6.45) is 4.17. The molecule has 3 nitrogen and oxygen atoms in total. The largest absolute Gasteiger partial charge is 0.487 e. The summed E-state index contributed by atoms with van der Waals surface area (Å²) in [6, 6.07) is 2.24. The van der Waals surface area contributed by atoms with Crippen molar-refractivity contribution in [3.63, 3.8) is 0 Å². The molecule has 1 aliphatic carbocycles. The van der Waals surface area contributed by atoms with Crippen molar-refractivity contribution in [1.82, 2.24) is 4.98 Å². The van der Waals surface area contributed by atoms with E-state index in [1.165, 1.54) is 18.4 Å². The minimum Gasteiger partial charge on any atom is -0.487 e. The molecule has 0 N–H and O–H groups in total. The molecule has 4 rings (SSSR count). The van der Waals surface area contributed by atoms with Gasteiger partial charge in [0.2, 0.25) is 0 Å². The van der Waals surface area contributed by atoms with Crippen molar-refractivity contribution in [2.24, 2.45) is 0 Å². The summed E-state index contributed by atoms with van der Waals surface area (Å²) in [7, 11) is 0. The van der Waals surface area contributed by atoms with Crippen molar-refractivity contribution in [1.29, 1.82) is 0 Å². The van der Waals surface area contributed by atoms with Crippen molar-refractivity contribution in [3.8, 4) is 5.75 Å². The number of hydrogen-bond acceptors (Lipinski definition) is 3. The number of ether oxygens (including phenoxy) is 1. The maximum Gasteiger partial charge on any atom is 0.172 e. The molecule has 1 saturated heterocycles. The van der Waals surface area contributed by atoms with Gasteiger partial charge in [-0.3, -0.25) is 0 Å². The first kappa shape index (κ1) is 9.68. The van der Waals surface area contributed by atoms with Crippen LogP contribution in [0.5, 0.6) is 5.75 Å². The lowest BCUT2D eigenvalue weighted by Crippen LogP contribution is -2.39. The van der Waals surface area contributed by atoms with Gasteiger partial charge in [-0.2, -0.15) is 0 Å². The van der Waals surface area contributed by atoms with Gasteiger partial charge < -0.3 is 9.64 Å². The third kappa shape index (κ3) is 1.43. The lowest BCUT2D eigenvalue weighted by atomic mass is 10.1. The average Bonchev–Trinajstić information content (AvgIpc) is 3.10. The molecule has 1 saturated carbocycles. The molecule has 2 fully saturated rings. The Kier molecular flexibility index (Phi) is 1.90. The van der Waals surface area contributed by atoms with Crippen LogP contribution in [0.2, 0.25) is 0 Å². The van der Waals surface area contributed by atoms with E-state index >= 15 is 0 Å². The van der Waals surface area contributed by atoms with E-state index in [0.29, 0.717) is 25.5 Å². The Bertz CT molecular complexity index is 461. The molecule has 0 aromatic carbocycles. The molecule has 2 aliphatic heterocycles. The molecule has 0 amide bonds. The number of anilines is 1. The normalized spacial score (nSPS) is 30.8. The van der Waals surface area contributed by atoms with E-state index in [0.717, 1.165) is 11.6 Å². The van der Waals surface area contributed by atoms with Gasteiger partial charge in [-0.1, -0.05) is 0 Å². The van der Waals surface area contributed by atoms with Crippen LogP contribution in [-0.4, -0.2) is 30.3 Å². The summed E-state index contributed by atoms with van der Waals surface area (Å²) in [6.45, 7) is 1.08. The second kappa shape index (κ2) is 3.34. The van der Waals surface area contributed by atoms with E-state index in [-0.39, 0.29) is 6.04 Å². The first-order chi connectivity index (χ1) is 8.33. The van der Waals surface area contributed by atoms with E-state index in [9.17, 15) is 4.39 Å². The van der Waals surface area contributed by atoms with Crippen molar-refractivity contribution >= 4 is 5.82 Å². The van der Waals surface area contributed by atoms with E-state index in [1.807, 2.05) is 6.20 Å². The zero-order valence-corrected chi connectivity index (χ0v) is 9.60. The highest BCUT2D eigenvalue weighted by molar-refractivity contribution is 5.61. The van der Waals surface area contributed by atoms with Crippen molar-refractivity contribution in [2.75, 3.05) is 18.1 Å². The van der Waals surface area contributed by atoms with E-state index in [1.54, 1.807) is 0 Å². The van der Waals surface area contributed by atoms with Crippen LogP contribution in [-0.2, 0) is 0 Å². The van der Waals surface area contributed by atoms with Crippen LogP contribution >= 0.6 is 0 Å². The molecule has 90 valence electrons. The lowest BCUT2D eigenvalue weighted by molar-refractivity contribution is 0.259. The summed E-state index contributed by atoms with van der Waals surface area (Å²) >= 11 is 0. The molecular weight excluding hydrogens is 219 g/mol. The zero-order valence-electron chi connectivity index (χ0n) is 9.60. The maximum atomic E-state index is 13.5. The fraction of sp³-hybridized carbons (Fsp3) is 0.615. The Morgan fingerprint density at radius 1 is 1.41 bits per heavy atom. The molecule has 2 atom stereocenters. The number of fused-ring (bicyclic) bond motifs is 3. The molecule has 3 heterocycles. The SMILES string of the molecule is F[C@@H]1C[C@@H]2COc3c(C4CC4)ccnc3N2C1. The third-order valence-electron chi connectivity index (χ3n) is 3.99. The quantitative estimate of drug-likeness (QED) is 0.745. The molecule has 1 aromatic rings. The Morgan fingerprint density at radius 3 is 3.12 bits per heavy atom.